The molecule has 3 heteroatoms. The Labute approximate surface area is 136 Å². The van der Waals surface area contributed by atoms with Gasteiger partial charge in [-0.2, -0.15) is 0 Å². The molecule has 0 aliphatic heterocycles. The van der Waals surface area contributed by atoms with Gasteiger partial charge in [0.15, 0.2) is 11.6 Å². The molecular weight excluding hydrogens is 288 g/mol. The summed E-state index contributed by atoms with van der Waals surface area (Å²) in [7, 11) is 0. The van der Waals surface area contributed by atoms with Crippen LogP contribution < -0.4 is 0 Å². The minimum Gasteiger partial charge on any atom is -0.508 e. The van der Waals surface area contributed by atoms with Crippen molar-refractivity contribution in [3.63, 3.8) is 0 Å². The summed E-state index contributed by atoms with van der Waals surface area (Å²) < 4.78 is 0. The van der Waals surface area contributed by atoms with E-state index in [1.807, 2.05) is 25.1 Å². The number of aromatic hydroxyl groups is 1. The van der Waals surface area contributed by atoms with Gasteiger partial charge in [-0.3, -0.25) is 9.59 Å². The predicted octanol–water partition coefficient (Wildman–Crippen LogP) is 3.71. The quantitative estimate of drug-likeness (QED) is 0.906. The number of Topliss-reactive ketones (excluding diaryl/α,β-unsaturated/α-hetero) is 1. The fourth-order valence-electron chi connectivity index (χ4n) is 3.99. The van der Waals surface area contributed by atoms with Gasteiger partial charge < -0.3 is 5.11 Å². The molecule has 2 aliphatic rings. The lowest BCUT2D eigenvalue weighted by Crippen LogP contribution is -2.49. The molecule has 1 aromatic carbocycles. The number of carbonyl (C=O) groups is 2. The van der Waals surface area contributed by atoms with Gasteiger partial charge in [-0.25, -0.2) is 0 Å². The second kappa shape index (κ2) is 5.34. The first-order valence-corrected chi connectivity index (χ1v) is 7.78. The molecule has 0 spiro atoms. The molecule has 1 aromatic rings. The van der Waals surface area contributed by atoms with E-state index in [-0.39, 0.29) is 23.2 Å². The first kappa shape index (κ1) is 15.5. The molecule has 2 aliphatic carbocycles. The number of allylic oxidation sites excluding steroid dienone is 5. The van der Waals surface area contributed by atoms with Crippen molar-refractivity contribution in [3.05, 3.63) is 65.8 Å². The summed E-state index contributed by atoms with van der Waals surface area (Å²) in [6.45, 7) is 7.39. The van der Waals surface area contributed by atoms with Crippen molar-refractivity contribution >= 4 is 11.6 Å². The maximum absolute atomic E-state index is 12.9. The lowest BCUT2D eigenvalue weighted by atomic mass is 9.53. The molecule has 0 aromatic heterocycles. The van der Waals surface area contributed by atoms with Crippen LogP contribution in [-0.2, 0) is 9.59 Å². The van der Waals surface area contributed by atoms with E-state index in [1.165, 1.54) is 6.08 Å². The van der Waals surface area contributed by atoms with Crippen molar-refractivity contribution in [3.8, 4) is 5.75 Å². The number of fused-ring (bicyclic) bond motifs is 1. The van der Waals surface area contributed by atoms with Crippen molar-refractivity contribution in [2.24, 2.45) is 11.3 Å². The van der Waals surface area contributed by atoms with Gasteiger partial charge in [0.2, 0.25) is 0 Å². The van der Waals surface area contributed by atoms with Gasteiger partial charge in [0.25, 0.3) is 0 Å². The SMILES string of the molecule is C=CC1=CCC2C(=O)C(C)=CC(=O)C2(C)C1c1ccccc1O. The van der Waals surface area contributed by atoms with Crippen LogP contribution in [-0.4, -0.2) is 16.7 Å². The van der Waals surface area contributed by atoms with Gasteiger partial charge >= 0.3 is 0 Å². The molecular formula is C20H20O3. The third-order valence-corrected chi connectivity index (χ3v) is 5.31. The number of hydrogen-bond acceptors (Lipinski definition) is 3. The number of hydrogen-bond donors (Lipinski definition) is 1. The molecule has 0 fully saturated rings. The van der Waals surface area contributed by atoms with E-state index in [0.717, 1.165) is 5.57 Å². The summed E-state index contributed by atoms with van der Waals surface area (Å²) in [6, 6.07) is 7.00. The van der Waals surface area contributed by atoms with Crippen LogP contribution in [0.4, 0.5) is 0 Å². The van der Waals surface area contributed by atoms with E-state index in [0.29, 0.717) is 17.6 Å². The monoisotopic (exact) mass is 308 g/mol. The Hall–Kier alpha value is -2.42. The maximum Gasteiger partial charge on any atom is 0.163 e. The van der Waals surface area contributed by atoms with Crippen molar-refractivity contribution in [2.75, 3.05) is 0 Å². The summed E-state index contributed by atoms with van der Waals surface area (Å²) in [5, 5.41) is 10.3. The Morgan fingerprint density at radius 3 is 2.65 bits per heavy atom. The van der Waals surface area contributed by atoms with Crippen LogP contribution in [0.5, 0.6) is 5.75 Å². The highest BCUT2D eigenvalue weighted by molar-refractivity contribution is 6.13. The van der Waals surface area contributed by atoms with E-state index < -0.39 is 11.3 Å². The predicted molar refractivity (Wildman–Crippen MR) is 89.1 cm³/mol. The number of carbonyl (C=O) groups excluding carboxylic acids is 2. The zero-order valence-corrected chi connectivity index (χ0v) is 13.4. The van der Waals surface area contributed by atoms with E-state index in [9.17, 15) is 14.7 Å². The highest BCUT2D eigenvalue weighted by Gasteiger charge is 2.54. The van der Waals surface area contributed by atoms with Gasteiger partial charge in [-0.15, -0.1) is 0 Å². The van der Waals surface area contributed by atoms with Crippen LogP contribution in [0.2, 0.25) is 0 Å². The van der Waals surface area contributed by atoms with Crippen LogP contribution in [0, 0.1) is 11.3 Å². The first-order chi connectivity index (χ1) is 10.9. The van der Waals surface area contributed by atoms with Crippen molar-refractivity contribution in [1.82, 2.24) is 0 Å². The zero-order valence-electron chi connectivity index (χ0n) is 13.4. The van der Waals surface area contributed by atoms with E-state index in [1.54, 1.807) is 25.1 Å². The first-order valence-electron chi connectivity index (χ1n) is 7.78. The molecule has 0 amide bonds. The smallest absolute Gasteiger partial charge is 0.163 e. The number of ketones is 2. The Kier molecular flexibility index (Phi) is 3.59. The number of phenols is 1. The minimum absolute atomic E-state index is 0.0203. The molecule has 3 nitrogen and oxygen atoms in total. The third-order valence-electron chi connectivity index (χ3n) is 5.31. The normalized spacial score (nSPS) is 30.3. The molecule has 3 atom stereocenters. The van der Waals surface area contributed by atoms with Gasteiger partial charge in [0, 0.05) is 17.4 Å². The van der Waals surface area contributed by atoms with Gasteiger partial charge in [0.1, 0.15) is 5.75 Å². The standard InChI is InChI=1S/C20H20O3/c1-4-13-9-10-15-19(23)12(2)11-17(22)20(15,3)18(13)14-7-5-6-8-16(14)21/h4-9,11,15,18,21H,1,10H2,2-3H3. The number of phenolic OH excluding ortho intramolecular Hbond substituents is 1. The highest BCUT2D eigenvalue weighted by Crippen LogP contribution is 2.55. The topological polar surface area (TPSA) is 54.4 Å². The molecule has 0 saturated carbocycles. The molecule has 3 unspecified atom stereocenters. The zero-order chi connectivity index (χ0) is 16.8. The van der Waals surface area contributed by atoms with Crippen molar-refractivity contribution in [1.29, 1.82) is 0 Å². The van der Waals surface area contributed by atoms with E-state index >= 15 is 0 Å². The van der Waals surface area contributed by atoms with E-state index in [2.05, 4.69) is 6.58 Å². The lowest BCUT2D eigenvalue weighted by molar-refractivity contribution is -0.137. The molecule has 118 valence electrons. The summed E-state index contributed by atoms with van der Waals surface area (Å²) in [5.74, 6) is -0.667. The van der Waals surface area contributed by atoms with Crippen LogP contribution >= 0.6 is 0 Å². The maximum atomic E-state index is 12.9. The lowest BCUT2D eigenvalue weighted by Gasteiger charge is -2.47. The van der Waals surface area contributed by atoms with E-state index in [4.69, 9.17) is 0 Å². The Bertz CT molecular complexity index is 769. The Morgan fingerprint density at radius 1 is 1.30 bits per heavy atom. The molecule has 23 heavy (non-hydrogen) atoms. The average Bonchev–Trinajstić information content (AvgIpc) is 2.53. The number of para-hydroxylation sites is 1. The summed E-state index contributed by atoms with van der Waals surface area (Å²) in [4.78, 5) is 25.5. The second-order valence-corrected chi connectivity index (χ2v) is 6.53. The largest absolute Gasteiger partial charge is 0.508 e. The highest BCUT2D eigenvalue weighted by atomic mass is 16.3. The van der Waals surface area contributed by atoms with Gasteiger partial charge in [-0.1, -0.05) is 43.9 Å². The van der Waals surface area contributed by atoms with Crippen molar-refractivity contribution < 1.29 is 14.7 Å². The fraction of sp³-hybridized carbons (Fsp3) is 0.300. The van der Waals surface area contributed by atoms with Crippen LogP contribution in [0.3, 0.4) is 0 Å². The summed E-state index contributed by atoms with van der Waals surface area (Å²) in [6.07, 6.45) is 5.68. The second-order valence-electron chi connectivity index (χ2n) is 6.53. The molecule has 0 saturated heterocycles. The third kappa shape index (κ3) is 2.11. The van der Waals surface area contributed by atoms with Crippen LogP contribution in [0.15, 0.2) is 60.2 Å². The summed E-state index contributed by atoms with van der Waals surface area (Å²) in [5.41, 5.74) is 1.18. The molecule has 0 radical (unpaired) electrons. The molecule has 0 heterocycles. The fourth-order valence-corrected chi connectivity index (χ4v) is 3.99. The number of benzene rings is 1. The van der Waals surface area contributed by atoms with Crippen LogP contribution in [0.1, 0.15) is 31.7 Å². The summed E-state index contributed by atoms with van der Waals surface area (Å²) >= 11 is 0. The Morgan fingerprint density at radius 2 is 2.00 bits per heavy atom. The van der Waals surface area contributed by atoms with Gasteiger partial charge in [0.05, 0.1) is 5.41 Å². The molecule has 3 rings (SSSR count). The molecule has 1 N–H and O–H groups in total. The Balaban J connectivity index is 2.26. The van der Waals surface area contributed by atoms with Gasteiger partial charge in [-0.05, 0) is 36.6 Å². The van der Waals surface area contributed by atoms with Crippen molar-refractivity contribution in [2.45, 2.75) is 26.2 Å². The van der Waals surface area contributed by atoms with Crippen LogP contribution in [0.25, 0.3) is 0 Å². The molecule has 0 bridgehead atoms. The number of rotatable bonds is 2. The average molecular weight is 308 g/mol. The minimum atomic E-state index is -0.895.